The van der Waals surface area contributed by atoms with Crippen LogP contribution in [0.4, 0.5) is 0 Å². The van der Waals surface area contributed by atoms with Crippen molar-refractivity contribution in [3.63, 3.8) is 0 Å². The summed E-state index contributed by atoms with van der Waals surface area (Å²) in [4.78, 5) is 36.0. The predicted octanol–water partition coefficient (Wildman–Crippen LogP) is 0.585. The van der Waals surface area contributed by atoms with Gasteiger partial charge in [0.15, 0.2) is 0 Å². The van der Waals surface area contributed by atoms with Crippen LogP contribution in [-0.4, -0.2) is 35.1 Å². The average molecular weight is 368 g/mol. The molecule has 0 radical (unpaired) electrons. The smallest absolute Gasteiger partial charge is 0.342 e. The van der Waals surface area contributed by atoms with Gasteiger partial charge in [0.25, 0.3) is 5.91 Å². The summed E-state index contributed by atoms with van der Waals surface area (Å²) in [5.74, 6) is -3.49. The van der Waals surface area contributed by atoms with Gasteiger partial charge in [0.2, 0.25) is 0 Å². The maximum Gasteiger partial charge on any atom is 0.342 e. The quantitative estimate of drug-likeness (QED) is 0.746. The highest BCUT2D eigenvalue weighted by Crippen LogP contribution is 2.31. The second-order valence-corrected chi connectivity index (χ2v) is 6.45. The topological polar surface area (TPSA) is 116 Å². The SMILES string of the molecule is C[C@@H]1Cc2ccc(C(=O)N[C@@H](Cc3ccccc3)C(=O)[O-])c(O)c2C(=O)O1. The highest BCUT2D eigenvalue weighted by molar-refractivity contribution is 6.04. The van der Waals surface area contributed by atoms with Gasteiger partial charge in [-0.05, 0) is 30.5 Å². The molecule has 7 nitrogen and oxygen atoms in total. The number of cyclic esters (lactones) is 1. The molecular formula is C20H18NO6-. The molecule has 140 valence electrons. The summed E-state index contributed by atoms with van der Waals surface area (Å²) < 4.78 is 5.09. The molecule has 7 heteroatoms. The fourth-order valence-corrected chi connectivity index (χ4v) is 3.09. The first-order valence-electron chi connectivity index (χ1n) is 8.48. The van der Waals surface area contributed by atoms with Crippen LogP contribution < -0.4 is 10.4 Å². The predicted molar refractivity (Wildman–Crippen MR) is 93.1 cm³/mol. The number of carboxylic acid groups (broad SMARTS) is 1. The molecule has 2 aromatic rings. The molecule has 2 aromatic carbocycles. The minimum atomic E-state index is -1.45. The van der Waals surface area contributed by atoms with Crippen LogP contribution in [0.15, 0.2) is 42.5 Å². The Hall–Kier alpha value is -3.35. The van der Waals surface area contributed by atoms with Gasteiger partial charge in [-0.3, -0.25) is 4.79 Å². The van der Waals surface area contributed by atoms with Gasteiger partial charge in [-0.1, -0.05) is 36.4 Å². The van der Waals surface area contributed by atoms with Gasteiger partial charge in [0, 0.05) is 6.42 Å². The third-order valence-corrected chi connectivity index (χ3v) is 4.40. The molecule has 0 saturated heterocycles. The normalized spacial score (nSPS) is 16.8. The number of aliphatic carboxylic acids is 1. The Morgan fingerprint density at radius 3 is 2.63 bits per heavy atom. The van der Waals surface area contributed by atoms with E-state index < -0.39 is 29.6 Å². The minimum absolute atomic E-state index is 0.0279. The zero-order valence-corrected chi connectivity index (χ0v) is 14.6. The molecule has 2 atom stereocenters. The van der Waals surface area contributed by atoms with Gasteiger partial charge < -0.3 is 25.1 Å². The van der Waals surface area contributed by atoms with Crippen LogP contribution in [0.2, 0.25) is 0 Å². The Morgan fingerprint density at radius 1 is 1.26 bits per heavy atom. The van der Waals surface area contributed by atoms with E-state index >= 15 is 0 Å². The first-order chi connectivity index (χ1) is 12.9. The molecule has 0 unspecified atom stereocenters. The number of hydrogen-bond acceptors (Lipinski definition) is 6. The molecule has 0 fully saturated rings. The number of ether oxygens (including phenoxy) is 1. The molecular weight excluding hydrogens is 350 g/mol. The largest absolute Gasteiger partial charge is 0.548 e. The van der Waals surface area contributed by atoms with Gasteiger partial charge >= 0.3 is 5.97 Å². The number of hydrogen-bond donors (Lipinski definition) is 2. The standard InChI is InChI=1S/C20H19NO6/c1-11-9-13-7-8-14(17(22)16(13)20(26)27-11)18(23)21-15(19(24)25)10-12-5-3-2-4-6-12/h2-8,11,15,22H,9-10H2,1H3,(H,21,23)(H,24,25)/p-1/t11-,15+/m1/s1. The monoisotopic (exact) mass is 368 g/mol. The molecule has 1 heterocycles. The van der Waals surface area contributed by atoms with E-state index in [4.69, 9.17) is 4.74 Å². The number of nitrogens with one attached hydrogen (secondary N) is 1. The van der Waals surface area contributed by atoms with Crippen molar-refractivity contribution in [1.82, 2.24) is 5.32 Å². The van der Waals surface area contributed by atoms with E-state index in [0.717, 1.165) is 0 Å². The number of fused-ring (bicyclic) bond motifs is 1. The summed E-state index contributed by atoms with van der Waals surface area (Å²) in [5, 5.41) is 24.1. The number of esters is 1. The summed E-state index contributed by atoms with van der Waals surface area (Å²) >= 11 is 0. The number of carbonyl (C=O) groups is 3. The minimum Gasteiger partial charge on any atom is -0.548 e. The van der Waals surface area contributed by atoms with E-state index in [1.165, 1.54) is 6.07 Å². The van der Waals surface area contributed by atoms with Gasteiger partial charge in [0.1, 0.15) is 17.4 Å². The van der Waals surface area contributed by atoms with E-state index in [1.807, 2.05) is 0 Å². The van der Waals surface area contributed by atoms with Crippen LogP contribution in [-0.2, 0) is 22.4 Å². The second kappa shape index (κ2) is 7.49. The fraction of sp³-hybridized carbons (Fsp3) is 0.250. The van der Waals surface area contributed by atoms with Crippen molar-refractivity contribution < 1.29 is 29.3 Å². The van der Waals surface area contributed by atoms with Crippen LogP contribution >= 0.6 is 0 Å². The molecule has 0 spiro atoms. The molecule has 0 saturated carbocycles. The summed E-state index contributed by atoms with van der Waals surface area (Å²) in [5.41, 5.74) is 1.03. The van der Waals surface area contributed by atoms with Gasteiger partial charge in [-0.25, -0.2) is 4.79 Å². The number of aromatic hydroxyl groups is 1. The highest BCUT2D eigenvalue weighted by atomic mass is 16.5. The number of carbonyl (C=O) groups excluding carboxylic acids is 3. The molecule has 1 aliphatic heterocycles. The van der Waals surface area contributed by atoms with Gasteiger partial charge in [-0.15, -0.1) is 0 Å². The molecule has 2 N–H and O–H groups in total. The van der Waals surface area contributed by atoms with Crippen molar-refractivity contribution in [3.8, 4) is 5.75 Å². The molecule has 1 aliphatic rings. The zero-order chi connectivity index (χ0) is 19.6. The third-order valence-electron chi connectivity index (χ3n) is 4.40. The lowest BCUT2D eigenvalue weighted by atomic mass is 9.95. The number of phenols is 1. The van der Waals surface area contributed by atoms with Crippen LogP contribution in [0.1, 0.15) is 38.8 Å². The van der Waals surface area contributed by atoms with Crippen LogP contribution in [0.3, 0.4) is 0 Å². The lowest BCUT2D eigenvalue weighted by Gasteiger charge is -2.24. The Morgan fingerprint density at radius 2 is 1.96 bits per heavy atom. The number of phenolic OH excluding ortho intramolecular Hbond substituents is 1. The molecule has 3 rings (SSSR count). The number of benzene rings is 2. The van der Waals surface area contributed by atoms with E-state index in [1.54, 1.807) is 43.3 Å². The number of rotatable bonds is 5. The zero-order valence-electron chi connectivity index (χ0n) is 14.6. The highest BCUT2D eigenvalue weighted by Gasteiger charge is 2.30. The Kier molecular flexibility index (Phi) is 5.12. The molecule has 1 amide bonds. The van der Waals surface area contributed by atoms with Crippen molar-refractivity contribution in [1.29, 1.82) is 0 Å². The number of carboxylic acids is 1. The maximum atomic E-state index is 12.5. The van der Waals surface area contributed by atoms with E-state index in [9.17, 15) is 24.6 Å². The van der Waals surface area contributed by atoms with Crippen molar-refractivity contribution in [2.45, 2.75) is 31.9 Å². The van der Waals surface area contributed by atoms with Crippen molar-refractivity contribution in [2.75, 3.05) is 0 Å². The van der Waals surface area contributed by atoms with Crippen molar-refractivity contribution >= 4 is 17.8 Å². The average Bonchev–Trinajstić information content (AvgIpc) is 2.61. The first kappa shape index (κ1) is 18.4. The van der Waals surface area contributed by atoms with Gasteiger partial charge in [0.05, 0.1) is 17.6 Å². The third kappa shape index (κ3) is 3.92. The van der Waals surface area contributed by atoms with Crippen LogP contribution in [0.25, 0.3) is 0 Å². The summed E-state index contributed by atoms with van der Waals surface area (Å²) in [7, 11) is 0. The van der Waals surface area contributed by atoms with Gasteiger partial charge in [-0.2, -0.15) is 0 Å². The second-order valence-electron chi connectivity index (χ2n) is 6.45. The molecule has 0 aromatic heterocycles. The fourth-order valence-electron chi connectivity index (χ4n) is 3.09. The Labute approximate surface area is 155 Å². The van der Waals surface area contributed by atoms with E-state index in [0.29, 0.717) is 17.5 Å². The van der Waals surface area contributed by atoms with E-state index in [2.05, 4.69) is 5.32 Å². The number of amides is 1. The lowest BCUT2D eigenvalue weighted by Crippen LogP contribution is -2.49. The molecule has 27 heavy (non-hydrogen) atoms. The van der Waals surface area contributed by atoms with Crippen LogP contribution in [0.5, 0.6) is 5.75 Å². The first-order valence-corrected chi connectivity index (χ1v) is 8.48. The summed E-state index contributed by atoms with van der Waals surface area (Å²) in [6.45, 7) is 1.73. The van der Waals surface area contributed by atoms with Crippen LogP contribution in [0, 0.1) is 0 Å². The Balaban J connectivity index is 1.84. The Bertz CT molecular complexity index is 893. The maximum absolute atomic E-state index is 12.5. The van der Waals surface area contributed by atoms with E-state index in [-0.39, 0.29) is 23.7 Å². The molecule has 0 bridgehead atoms. The lowest BCUT2D eigenvalue weighted by molar-refractivity contribution is -0.308. The summed E-state index contributed by atoms with van der Waals surface area (Å²) in [6.07, 6.45) is 0.129. The van der Waals surface area contributed by atoms with Crippen molar-refractivity contribution in [3.05, 3.63) is 64.7 Å². The van der Waals surface area contributed by atoms with Crippen molar-refractivity contribution in [2.24, 2.45) is 0 Å². The summed E-state index contributed by atoms with van der Waals surface area (Å²) in [6, 6.07) is 10.4. The molecule has 0 aliphatic carbocycles.